The van der Waals surface area contributed by atoms with E-state index in [1.807, 2.05) is 29.6 Å². The summed E-state index contributed by atoms with van der Waals surface area (Å²) in [5, 5.41) is 7.50. The van der Waals surface area contributed by atoms with Crippen molar-refractivity contribution < 1.29 is 9.59 Å². The topological polar surface area (TPSA) is 61.4 Å². The lowest BCUT2D eigenvalue weighted by atomic mass is 10.1. The molecule has 0 aliphatic heterocycles. The van der Waals surface area contributed by atoms with Crippen LogP contribution in [0.4, 0.5) is 0 Å². The van der Waals surface area contributed by atoms with Crippen LogP contribution in [0.25, 0.3) is 0 Å². The van der Waals surface area contributed by atoms with Crippen molar-refractivity contribution in [1.82, 2.24) is 15.5 Å². The van der Waals surface area contributed by atoms with Crippen molar-refractivity contribution in [2.75, 3.05) is 13.1 Å². The summed E-state index contributed by atoms with van der Waals surface area (Å²) in [7, 11) is 0. The molecule has 2 N–H and O–H groups in total. The molecule has 1 aromatic heterocycles. The summed E-state index contributed by atoms with van der Waals surface area (Å²) in [6.07, 6.45) is 0. The van der Waals surface area contributed by atoms with Crippen LogP contribution in [0.1, 0.15) is 41.6 Å². The van der Waals surface area contributed by atoms with Gasteiger partial charge in [0.25, 0.3) is 5.91 Å². The molecule has 1 unspecified atom stereocenters. The average Bonchev–Trinajstić information content (AvgIpc) is 3.19. The van der Waals surface area contributed by atoms with E-state index in [-0.39, 0.29) is 11.8 Å². The number of rotatable bonds is 9. The van der Waals surface area contributed by atoms with Gasteiger partial charge >= 0.3 is 0 Å². The first-order chi connectivity index (χ1) is 12.5. The van der Waals surface area contributed by atoms with Gasteiger partial charge < -0.3 is 10.6 Å². The lowest BCUT2D eigenvalue weighted by Gasteiger charge is -2.20. The Kier molecular flexibility index (Phi) is 7.81. The van der Waals surface area contributed by atoms with Gasteiger partial charge in [-0.1, -0.05) is 44.2 Å². The quantitative estimate of drug-likeness (QED) is 0.710. The largest absolute Gasteiger partial charge is 0.350 e. The Labute approximate surface area is 159 Å². The van der Waals surface area contributed by atoms with Crippen LogP contribution in [0.15, 0.2) is 41.8 Å². The molecule has 0 bridgehead atoms. The monoisotopic (exact) mass is 373 g/mol. The molecule has 0 saturated heterocycles. The van der Waals surface area contributed by atoms with Crippen LogP contribution in [-0.4, -0.2) is 35.8 Å². The molecule has 0 radical (unpaired) electrons. The third-order valence-electron chi connectivity index (χ3n) is 4.35. The number of hydrogen-bond donors (Lipinski definition) is 2. The molecule has 2 amide bonds. The second-order valence-electron chi connectivity index (χ2n) is 6.12. The molecule has 0 aliphatic carbocycles. The highest BCUT2D eigenvalue weighted by Gasteiger charge is 2.17. The molecule has 2 rings (SSSR count). The van der Waals surface area contributed by atoms with Gasteiger partial charge in [-0.15, -0.1) is 11.3 Å². The van der Waals surface area contributed by atoms with Crippen molar-refractivity contribution in [1.29, 1.82) is 0 Å². The van der Waals surface area contributed by atoms with E-state index in [2.05, 4.69) is 35.4 Å². The van der Waals surface area contributed by atoms with Gasteiger partial charge in [0, 0.05) is 13.1 Å². The predicted octanol–water partition coefficient (Wildman–Crippen LogP) is 3.02. The minimum Gasteiger partial charge on any atom is -0.350 e. The van der Waals surface area contributed by atoms with Gasteiger partial charge in [0.15, 0.2) is 0 Å². The maximum atomic E-state index is 12.3. The number of amides is 2. The highest BCUT2D eigenvalue weighted by molar-refractivity contribution is 7.12. The van der Waals surface area contributed by atoms with Gasteiger partial charge in [-0.3, -0.25) is 14.5 Å². The molecule has 0 saturated carbocycles. The summed E-state index contributed by atoms with van der Waals surface area (Å²) >= 11 is 1.36. The molecule has 5 nitrogen and oxygen atoms in total. The maximum absolute atomic E-state index is 12.3. The SMILES string of the molecule is CCN(CC)Cc1ccccc1CNC(=O)C(C)NC(=O)c1cccs1. The van der Waals surface area contributed by atoms with Crippen molar-refractivity contribution in [2.45, 2.75) is 39.9 Å². The second-order valence-corrected chi connectivity index (χ2v) is 7.07. The fourth-order valence-corrected chi connectivity index (χ4v) is 3.28. The first-order valence-corrected chi connectivity index (χ1v) is 9.84. The first kappa shape index (κ1) is 20.1. The third-order valence-corrected chi connectivity index (χ3v) is 5.21. The van der Waals surface area contributed by atoms with E-state index in [9.17, 15) is 9.59 Å². The Hall–Kier alpha value is -2.18. The van der Waals surface area contributed by atoms with Crippen molar-refractivity contribution in [2.24, 2.45) is 0 Å². The van der Waals surface area contributed by atoms with Gasteiger partial charge in [-0.2, -0.15) is 0 Å². The summed E-state index contributed by atoms with van der Waals surface area (Å²) < 4.78 is 0. The standard InChI is InChI=1S/C20H27N3O2S/c1-4-23(5-2)14-17-10-7-6-9-16(17)13-21-19(24)15(3)22-20(25)18-11-8-12-26-18/h6-12,15H,4-5,13-14H2,1-3H3,(H,21,24)(H,22,25). The van der Waals surface area contributed by atoms with Crippen LogP contribution in [0, 0.1) is 0 Å². The van der Waals surface area contributed by atoms with E-state index in [4.69, 9.17) is 0 Å². The molecule has 2 aromatic rings. The average molecular weight is 374 g/mol. The fraction of sp³-hybridized carbons (Fsp3) is 0.400. The van der Waals surface area contributed by atoms with Crippen LogP contribution in [0.5, 0.6) is 0 Å². The summed E-state index contributed by atoms with van der Waals surface area (Å²) in [6, 6.07) is 11.1. The Morgan fingerprint density at radius 2 is 1.77 bits per heavy atom. The summed E-state index contributed by atoms with van der Waals surface area (Å²) in [5.74, 6) is -0.405. The molecule has 0 spiro atoms. The summed E-state index contributed by atoms with van der Waals surface area (Å²) in [6.45, 7) is 9.28. The van der Waals surface area contributed by atoms with E-state index in [0.29, 0.717) is 11.4 Å². The van der Waals surface area contributed by atoms with E-state index in [1.54, 1.807) is 13.0 Å². The number of nitrogens with one attached hydrogen (secondary N) is 2. The predicted molar refractivity (Wildman–Crippen MR) is 106 cm³/mol. The minimum absolute atomic E-state index is 0.187. The number of thiophene rings is 1. The number of carbonyl (C=O) groups excluding carboxylic acids is 2. The molecule has 0 aliphatic rings. The number of nitrogens with zero attached hydrogens (tertiary/aromatic N) is 1. The zero-order valence-corrected chi connectivity index (χ0v) is 16.4. The summed E-state index contributed by atoms with van der Waals surface area (Å²) in [4.78, 5) is 27.3. The van der Waals surface area contributed by atoms with Crippen LogP contribution in [0.2, 0.25) is 0 Å². The molecule has 26 heavy (non-hydrogen) atoms. The van der Waals surface area contributed by atoms with E-state index >= 15 is 0 Å². The van der Waals surface area contributed by atoms with Crippen molar-refractivity contribution in [3.63, 3.8) is 0 Å². The number of hydrogen-bond acceptors (Lipinski definition) is 4. The van der Waals surface area contributed by atoms with E-state index in [0.717, 1.165) is 25.2 Å². The number of carbonyl (C=O) groups is 2. The van der Waals surface area contributed by atoms with Gasteiger partial charge in [0.2, 0.25) is 5.91 Å². The highest BCUT2D eigenvalue weighted by atomic mass is 32.1. The normalized spacial score (nSPS) is 12.0. The lowest BCUT2D eigenvalue weighted by Crippen LogP contribution is -2.44. The number of benzene rings is 1. The van der Waals surface area contributed by atoms with Gasteiger partial charge in [0.1, 0.15) is 6.04 Å². The van der Waals surface area contributed by atoms with Crippen LogP contribution >= 0.6 is 11.3 Å². The molecule has 6 heteroatoms. The van der Waals surface area contributed by atoms with Gasteiger partial charge in [-0.05, 0) is 42.6 Å². The Bertz CT molecular complexity index is 712. The fourth-order valence-electron chi connectivity index (χ4n) is 2.65. The molecular formula is C20H27N3O2S. The highest BCUT2D eigenvalue weighted by Crippen LogP contribution is 2.12. The van der Waals surface area contributed by atoms with Crippen molar-refractivity contribution in [3.8, 4) is 0 Å². The molecule has 0 fully saturated rings. The molecule has 1 aromatic carbocycles. The van der Waals surface area contributed by atoms with Crippen molar-refractivity contribution in [3.05, 3.63) is 57.8 Å². The molecule has 1 heterocycles. The van der Waals surface area contributed by atoms with Gasteiger partial charge in [0.05, 0.1) is 4.88 Å². The zero-order chi connectivity index (χ0) is 18.9. The molecular weight excluding hydrogens is 346 g/mol. The van der Waals surface area contributed by atoms with E-state index in [1.165, 1.54) is 16.9 Å². The third kappa shape index (κ3) is 5.68. The van der Waals surface area contributed by atoms with Crippen molar-refractivity contribution >= 4 is 23.2 Å². The van der Waals surface area contributed by atoms with E-state index < -0.39 is 6.04 Å². The maximum Gasteiger partial charge on any atom is 0.261 e. The lowest BCUT2D eigenvalue weighted by molar-refractivity contribution is -0.122. The molecule has 1 atom stereocenters. The van der Waals surface area contributed by atoms with Crippen LogP contribution in [-0.2, 0) is 17.9 Å². The minimum atomic E-state index is -0.584. The van der Waals surface area contributed by atoms with Gasteiger partial charge in [-0.25, -0.2) is 0 Å². The second kappa shape index (κ2) is 10.1. The Morgan fingerprint density at radius 3 is 2.38 bits per heavy atom. The van der Waals surface area contributed by atoms with Crippen LogP contribution < -0.4 is 10.6 Å². The first-order valence-electron chi connectivity index (χ1n) is 8.96. The van der Waals surface area contributed by atoms with Crippen LogP contribution in [0.3, 0.4) is 0 Å². The smallest absolute Gasteiger partial charge is 0.261 e. The Balaban J connectivity index is 1.91. The Morgan fingerprint density at radius 1 is 1.08 bits per heavy atom. The molecule has 140 valence electrons. The zero-order valence-electron chi connectivity index (χ0n) is 15.6. The summed E-state index contributed by atoms with van der Waals surface area (Å²) in [5.41, 5.74) is 2.32.